The molecule has 0 radical (unpaired) electrons. The first-order valence-corrected chi connectivity index (χ1v) is 19.4. The van der Waals surface area contributed by atoms with Gasteiger partial charge in [0.1, 0.15) is 5.69 Å². The molecule has 51 heavy (non-hydrogen) atoms. The number of thioether (sulfide) groups is 1. The Labute approximate surface area is 308 Å². The van der Waals surface area contributed by atoms with E-state index >= 15 is 0 Å². The minimum Gasteiger partial charge on any atom is -0.376 e. The second-order valence-corrected chi connectivity index (χ2v) is 15.8. The van der Waals surface area contributed by atoms with E-state index in [1.165, 1.54) is 12.1 Å². The van der Waals surface area contributed by atoms with E-state index in [-0.39, 0.29) is 22.2 Å². The molecule has 1 amide bonds. The molecule has 0 saturated carbocycles. The average Bonchev–Trinajstić information content (AvgIpc) is 3.13. The lowest BCUT2D eigenvalue weighted by molar-refractivity contribution is -0.384. The van der Waals surface area contributed by atoms with Crippen LogP contribution in [0.1, 0.15) is 35.2 Å². The van der Waals surface area contributed by atoms with Crippen molar-refractivity contribution in [3.05, 3.63) is 123 Å². The van der Waals surface area contributed by atoms with Crippen LogP contribution in [0.15, 0.2) is 107 Å². The zero-order chi connectivity index (χ0) is 36.6. The predicted octanol–water partition coefficient (Wildman–Crippen LogP) is 7.03. The van der Waals surface area contributed by atoms with Crippen molar-refractivity contribution < 1.29 is 22.9 Å². The number of nitro benzene ring substituents is 1. The van der Waals surface area contributed by atoms with Gasteiger partial charge >= 0.3 is 0 Å². The van der Waals surface area contributed by atoms with Crippen LogP contribution < -0.4 is 14.9 Å². The van der Waals surface area contributed by atoms with Gasteiger partial charge in [0.2, 0.25) is 0 Å². The summed E-state index contributed by atoms with van der Waals surface area (Å²) in [5.74, 6) is -0.207. The van der Waals surface area contributed by atoms with Gasteiger partial charge in [0.15, 0.2) is 0 Å². The van der Waals surface area contributed by atoms with E-state index in [9.17, 15) is 23.3 Å². The third kappa shape index (κ3) is 9.60. The molecular formula is C37H42ClN5O6S2. The van der Waals surface area contributed by atoms with E-state index in [1.807, 2.05) is 73.6 Å². The van der Waals surface area contributed by atoms with Crippen molar-refractivity contribution in [1.82, 2.24) is 9.62 Å². The first-order valence-electron chi connectivity index (χ1n) is 16.5. The summed E-state index contributed by atoms with van der Waals surface area (Å²) in [6, 6.07) is 27.7. The lowest BCUT2D eigenvalue weighted by Crippen LogP contribution is -2.44. The minimum absolute atomic E-state index is 0.133. The Morgan fingerprint density at radius 2 is 1.69 bits per heavy atom. The largest absolute Gasteiger partial charge is 0.376 e. The smallest absolute Gasteiger partial charge is 0.293 e. The fourth-order valence-corrected chi connectivity index (χ4v) is 8.40. The van der Waals surface area contributed by atoms with E-state index in [0.717, 1.165) is 28.8 Å². The van der Waals surface area contributed by atoms with Crippen LogP contribution in [0.25, 0.3) is 0 Å². The van der Waals surface area contributed by atoms with E-state index in [0.29, 0.717) is 43.1 Å². The number of rotatable bonds is 15. The van der Waals surface area contributed by atoms with Gasteiger partial charge in [-0.3, -0.25) is 14.9 Å². The summed E-state index contributed by atoms with van der Waals surface area (Å²) >= 11 is 8.12. The van der Waals surface area contributed by atoms with Crippen LogP contribution in [0, 0.1) is 10.1 Å². The number of halogens is 1. The topological polar surface area (TPSA) is 134 Å². The molecule has 14 heteroatoms. The number of sulfonamides is 1. The molecule has 5 rings (SSSR count). The number of piperidine rings is 1. The fourth-order valence-electron chi connectivity index (χ4n) is 6.10. The van der Waals surface area contributed by atoms with Crippen LogP contribution >= 0.6 is 23.4 Å². The Morgan fingerprint density at radius 1 is 1.02 bits per heavy atom. The molecule has 270 valence electrons. The number of nitrogens with zero attached hydrogens (tertiary/aromatic N) is 3. The van der Waals surface area contributed by atoms with Crippen molar-refractivity contribution in [2.24, 2.45) is 0 Å². The highest BCUT2D eigenvalue weighted by atomic mass is 35.5. The number of carbonyl (C=O) groups is 1. The maximum Gasteiger partial charge on any atom is 0.293 e. The molecule has 0 bridgehead atoms. The van der Waals surface area contributed by atoms with Gasteiger partial charge in [0, 0.05) is 64.8 Å². The number of nitrogens with one attached hydrogen (secondary N) is 2. The van der Waals surface area contributed by atoms with Crippen LogP contribution in [0.2, 0.25) is 5.02 Å². The molecule has 2 N–H and O–H groups in total. The minimum atomic E-state index is -4.43. The average molecular weight is 752 g/mol. The molecule has 0 aromatic heterocycles. The van der Waals surface area contributed by atoms with Crippen LogP contribution in [0.3, 0.4) is 0 Å². The van der Waals surface area contributed by atoms with Crippen molar-refractivity contribution in [1.29, 1.82) is 0 Å². The Kier molecular flexibility index (Phi) is 12.6. The third-order valence-electron chi connectivity index (χ3n) is 9.00. The zero-order valence-corrected chi connectivity index (χ0v) is 31.1. The molecule has 11 nitrogen and oxygen atoms in total. The molecule has 0 aliphatic carbocycles. The van der Waals surface area contributed by atoms with Crippen molar-refractivity contribution in [2.45, 2.75) is 40.7 Å². The lowest BCUT2D eigenvalue weighted by atomic mass is 9.84. The second-order valence-electron chi connectivity index (χ2n) is 12.6. The van der Waals surface area contributed by atoms with Gasteiger partial charge in [-0.05, 0) is 94.5 Å². The number of anilines is 2. The second kappa shape index (κ2) is 16.9. The van der Waals surface area contributed by atoms with Gasteiger partial charge in [0.05, 0.1) is 15.4 Å². The van der Waals surface area contributed by atoms with Crippen LogP contribution in [0.5, 0.6) is 0 Å². The molecule has 1 aliphatic rings. The quantitative estimate of drug-likeness (QED) is 0.0741. The Morgan fingerprint density at radius 3 is 2.31 bits per heavy atom. The number of ether oxygens (including phenoxy) is 1. The van der Waals surface area contributed by atoms with Crippen molar-refractivity contribution in [3.8, 4) is 0 Å². The molecule has 4 aromatic carbocycles. The van der Waals surface area contributed by atoms with Crippen LogP contribution in [-0.2, 0) is 20.4 Å². The molecule has 0 spiro atoms. The molecule has 1 fully saturated rings. The lowest BCUT2D eigenvalue weighted by Gasteiger charge is -2.42. The summed E-state index contributed by atoms with van der Waals surface area (Å²) in [5, 5.41) is 16.1. The first-order chi connectivity index (χ1) is 24.4. The summed E-state index contributed by atoms with van der Waals surface area (Å²) < 4.78 is 34.6. The predicted molar refractivity (Wildman–Crippen MR) is 204 cm³/mol. The highest BCUT2D eigenvalue weighted by Crippen LogP contribution is 2.40. The molecule has 4 aromatic rings. The summed E-state index contributed by atoms with van der Waals surface area (Å²) in [5.41, 5.74) is 1.27. The molecular weight excluding hydrogens is 710 g/mol. The third-order valence-corrected chi connectivity index (χ3v) is 11.8. The molecule has 1 unspecified atom stereocenters. The van der Waals surface area contributed by atoms with Crippen LogP contribution in [0.4, 0.5) is 17.1 Å². The van der Waals surface area contributed by atoms with E-state index < -0.39 is 32.1 Å². The summed E-state index contributed by atoms with van der Waals surface area (Å²) in [6.07, 6.45) is 2.11. The van der Waals surface area contributed by atoms with Crippen molar-refractivity contribution in [2.75, 3.05) is 56.8 Å². The molecule has 1 aliphatic heterocycles. The van der Waals surface area contributed by atoms with Gasteiger partial charge in [-0.25, -0.2) is 13.1 Å². The normalized spacial score (nSPS) is 15.0. The first kappa shape index (κ1) is 38.1. The Balaban J connectivity index is 1.24. The van der Waals surface area contributed by atoms with E-state index in [1.54, 1.807) is 43.1 Å². The number of benzene rings is 4. The van der Waals surface area contributed by atoms with Gasteiger partial charge < -0.3 is 19.9 Å². The molecule has 1 heterocycles. The number of nitro groups is 1. The number of hydrogen-bond donors (Lipinski definition) is 2. The van der Waals surface area contributed by atoms with Crippen molar-refractivity contribution >= 4 is 56.4 Å². The number of methoxy groups -OCH3 is 1. The monoisotopic (exact) mass is 751 g/mol. The number of hydrogen-bond acceptors (Lipinski definition) is 10. The summed E-state index contributed by atoms with van der Waals surface area (Å²) in [7, 11) is 1.17. The summed E-state index contributed by atoms with van der Waals surface area (Å²) in [4.78, 5) is 29.5. The Hall–Kier alpha value is -4.14. The van der Waals surface area contributed by atoms with Gasteiger partial charge in [-0.2, -0.15) is 0 Å². The zero-order valence-electron chi connectivity index (χ0n) is 28.8. The maximum absolute atomic E-state index is 13.3. The fraction of sp³-hybridized carbons (Fsp3) is 0.324. The number of amides is 1. The SMILES string of the molecule is COC1(c2ccccc2Cl)CCN(c2ccc(C(=O)NS(=O)(=O)c3ccc(NC(CCN(C)C)CSc4ccccc4)c([N+](=O)[O-])c3)cc2)CC1. The van der Waals surface area contributed by atoms with Gasteiger partial charge in [0.25, 0.3) is 21.6 Å². The highest BCUT2D eigenvalue weighted by molar-refractivity contribution is 7.99. The van der Waals surface area contributed by atoms with Gasteiger partial charge in [-0.15, -0.1) is 11.8 Å². The maximum atomic E-state index is 13.3. The van der Waals surface area contributed by atoms with E-state index in [2.05, 4.69) is 14.9 Å². The summed E-state index contributed by atoms with van der Waals surface area (Å²) in [6.45, 7) is 2.12. The standard InChI is InChI=1S/C37H42ClN5O6S2/c1-41(2)22-19-28(26-50-30-9-5-4-6-10-30)39-34-18-17-31(25-35(34)43(45)46)51(47,48)40-36(44)27-13-15-29(16-14-27)42-23-20-37(49-3,21-24-42)32-11-7-8-12-33(32)38/h4-18,25,28,39H,19-24,26H2,1-3H3,(H,40,44). The highest BCUT2D eigenvalue weighted by Gasteiger charge is 2.38. The van der Waals surface area contributed by atoms with Gasteiger partial charge in [-0.1, -0.05) is 48.0 Å². The Bertz CT molecular complexity index is 1920. The van der Waals surface area contributed by atoms with E-state index in [4.69, 9.17) is 16.3 Å². The van der Waals surface area contributed by atoms with Crippen LogP contribution in [-0.4, -0.2) is 76.8 Å². The van der Waals surface area contributed by atoms with Crippen molar-refractivity contribution in [3.63, 3.8) is 0 Å². The number of carbonyl (C=O) groups excluding carboxylic acids is 1. The molecule has 1 saturated heterocycles. The molecule has 1 atom stereocenters.